The minimum atomic E-state index is 0.000471. The van der Waals surface area contributed by atoms with Gasteiger partial charge in [-0.25, -0.2) is 0 Å². The Kier molecular flexibility index (Phi) is 7.62. The van der Waals surface area contributed by atoms with Gasteiger partial charge in [0.05, 0.1) is 0 Å². The molecule has 8 rings (SSSR count). The first-order valence-electron chi connectivity index (χ1n) is 17.7. The topological polar surface area (TPSA) is 0 Å². The van der Waals surface area contributed by atoms with Gasteiger partial charge in [-0.2, -0.15) is 0 Å². The lowest BCUT2D eigenvalue weighted by Crippen LogP contribution is -2.11. The van der Waals surface area contributed by atoms with Crippen molar-refractivity contribution in [3.8, 4) is 34.1 Å². The molecule has 0 aliphatic carbocycles. The van der Waals surface area contributed by atoms with Crippen LogP contribution in [0.4, 0.5) is 0 Å². The van der Waals surface area contributed by atoms with Crippen molar-refractivity contribution in [2.45, 2.75) is 52.4 Å². The van der Waals surface area contributed by atoms with Gasteiger partial charge < -0.3 is 0 Å². The first kappa shape index (κ1) is 31.6. The monoisotopic (exact) mass is 642 g/mol. The molecule has 0 nitrogen and oxygen atoms in total. The minimum Gasteiger partial charge on any atom is -0.0622 e. The largest absolute Gasteiger partial charge is 0.0622 e. The second kappa shape index (κ2) is 12.0. The number of fused-ring (bicyclic) bond motifs is 4. The highest BCUT2D eigenvalue weighted by molar-refractivity contribution is 6.18. The van der Waals surface area contributed by atoms with E-state index in [4.69, 9.17) is 0 Å². The SMILES string of the molecule is CC(C)(C)c1ccc2c(-c3ccccc3)c3ccccc3c(C#Cc3c4ccccc4c(-c4ccccc4)c4ccc(C(C)(C)C)cc34)c2c1. The molecule has 0 N–H and O–H groups in total. The summed E-state index contributed by atoms with van der Waals surface area (Å²) in [4.78, 5) is 0. The molecule has 0 atom stereocenters. The van der Waals surface area contributed by atoms with Crippen molar-refractivity contribution in [1.29, 1.82) is 0 Å². The summed E-state index contributed by atoms with van der Waals surface area (Å²) >= 11 is 0. The fourth-order valence-corrected chi connectivity index (χ4v) is 7.52. The lowest BCUT2D eigenvalue weighted by Gasteiger charge is -2.22. The number of rotatable bonds is 2. The van der Waals surface area contributed by atoms with E-state index in [0.717, 1.165) is 11.1 Å². The van der Waals surface area contributed by atoms with Gasteiger partial charge in [0.25, 0.3) is 0 Å². The molecule has 0 amide bonds. The van der Waals surface area contributed by atoms with Crippen LogP contribution in [0.15, 0.2) is 146 Å². The van der Waals surface area contributed by atoms with Crippen molar-refractivity contribution in [1.82, 2.24) is 0 Å². The zero-order valence-corrected chi connectivity index (χ0v) is 29.9. The van der Waals surface area contributed by atoms with Gasteiger partial charge in [0.15, 0.2) is 0 Å². The Labute approximate surface area is 296 Å². The molecule has 0 heterocycles. The van der Waals surface area contributed by atoms with Gasteiger partial charge >= 0.3 is 0 Å². The summed E-state index contributed by atoms with van der Waals surface area (Å²) in [5, 5.41) is 9.68. The Morgan fingerprint density at radius 2 is 0.640 bits per heavy atom. The summed E-state index contributed by atoms with van der Waals surface area (Å²) in [7, 11) is 0. The maximum absolute atomic E-state index is 3.86. The molecule has 0 saturated heterocycles. The molecule has 0 bridgehead atoms. The van der Waals surface area contributed by atoms with Gasteiger partial charge in [0.1, 0.15) is 0 Å². The predicted octanol–water partition coefficient (Wildman–Crippen LogP) is 13.6. The minimum absolute atomic E-state index is 0.000471. The van der Waals surface area contributed by atoms with Crippen molar-refractivity contribution >= 4 is 43.1 Å². The fourth-order valence-electron chi connectivity index (χ4n) is 7.52. The molecular formula is C50H42. The molecular weight excluding hydrogens is 601 g/mol. The van der Waals surface area contributed by atoms with Gasteiger partial charge in [0.2, 0.25) is 0 Å². The standard InChI is InChI=1S/C50H42/c1-49(2,3)35-25-27-43-45(31-35)39(37-21-13-15-23-41(37)47(43)33-17-9-7-10-18-33)29-30-40-38-22-14-16-24-42(38)48(34-19-11-8-12-20-34)44-28-26-36(32-46(40)44)50(4,5)6/h7-28,31-32H,1-6H3. The molecule has 8 aromatic rings. The molecule has 0 aliphatic rings. The van der Waals surface area contributed by atoms with Gasteiger partial charge in [-0.1, -0.05) is 187 Å². The molecule has 0 heteroatoms. The van der Waals surface area contributed by atoms with E-state index in [0.29, 0.717) is 0 Å². The van der Waals surface area contributed by atoms with Crippen LogP contribution in [0.3, 0.4) is 0 Å². The van der Waals surface area contributed by atoms with Crippen LogP contribution in [0.2, 0.25) is 0 Å². The van der Waals surface area contributed by atoms with Crippen LogP contribution in [0.5, 0.6) is 0 Å². The Morgan fingerprint density at radius 1 is 0.320 bits per heavy atom. The lowest BCUT2D eigenvalue weighted by atomic mass is 9.82. The number of hydrogen-bond acceptors (Lipinski definition) is 0. The van der Waals surface area contributed by atoms with Crippen LogP contribution in [-0.4, -0.2) is 0 Å². The number of benzene rings is 8. The molecule has 8 aromatic carbocycles. The van der Waals surface area contributed by atoms with Crippen LogP contribution in [0, 0.1) is 11.8 Å². The zero-order chi connectivity index (χ0) is 34.6. The molecule has 0 saturated carbocycles. The zero-order valence-electron chi connectivity index (χ0n) is 29.9. The van der Waals surface area contributed by atoms with Crippen LogP contribution in [0.25, 0.3) is 65.3 Å². The van der Waals surface area contributed by atoms with Crippen molar-refractivity contribution in [3.05, 3.63) is 168 Å². The first-order valence-corrected chi connectivity index (χ1v) is 17.7. The summed E-state index contributed by atoms with van der Waals surface area (Å²) in [6.45, 7) is 13.7. The molecule has 0 aliphatic heterocycles. The van der Waals surface area contributed by atoms with E-state index in [9.17, 15) is 0 Å². The van der Waals surface area contributed by atoms with Gasteiger partial charge in [0, 0.05) is 11.1 Å². The van der Waals surface area contributed by atoms with Crippen LogP contribution >= 0.6 is 0 Å². The maximum atomic E-state index is 3.86. The molecule has 50 heavy (non-hydrogen) atoms. The molecule has 0 aromatic heterocycles. The van der Waals surface area contributed by atoms with E-state index < -0.39 is 0 Å². The number of hydrogen-bond donors (Lipinski definition) is 0. The van der Waals surface area contributed by atoms with E-state index in [1.807, 2.05) is 0 Å². The molecule has 242 valence electrons. The normalized spacial score (nSPS) is 12.0. The first-order chi connectivity index (χ1) is 24.1. The molecule has 0 radical (unpaired) electrons. The van der Waals surface area contributed by atoms with E-state index in [1.54, 1.807) is 0 Å². The summed E-state index contributed by atoms with van der Waals surface area (Å²) in [6, 6.07) is 53.3. The average Bonchev–Trinajstić information content (AvgIpc) is 3.12. The van der Waals surface area contributed by atoms with E-state index in [2.05, 4.69) is 199 Å². The van der Waals surface area contributed by atoms with E-state index >= 15 is 0 Å². The third-order valence-electron chi connectivity index (χ3n) is 10.2. The predicted molar refractivity (Wildman–Crippen MR) is 217 cm³/mol. The van der Waals surface area contributed by atoms with E-state index in [1.165, 1.54) is 76.5 Å². The van der Waals surface area contributed by atoms with Crippen molar-refractivity contribution in [2.75, 3.05) is 0 Å². The van der Waals surface area contributed by atoms with Crippen molar-refractivity contribution < 1.29 is 0 Å². The van der Waals surface area contributed by atoms with Crippen molar-refractivity contribution in [3.63, 3.8) is 0 Å². The second-order valence-electron chi connectivity index (χ2n) is 15.6. The Balaban J connectivity index is 1.51. The Bertz CT molecular complexity index is 2450. The highest BCUT2D eigenvalue weighted by Crippen LogP contribution is 2.43. The summed E-state index contributed by atoms with van der Waals surface area (Å²) in [5.74, 6) is 7.71. The summed E-state index contributed by atoms with van der Waals surface area (Å²) in [5.41, 5.74) is 9.75. The smallest absolute Gasteiger partial charge is 0.0406 e. The fraction of sp³-hybridized carbons (Fsp3) is 0.160. The molecule has 0 unspecified atom stereocenters. The second-order valence-corrected chi connectivity index (χ2v) is 15.6. The van der Waals surface area contributed by atoms with Crippen LogP contribution in [0.1, 0.15) is 63.8 Å². The highest BCUT2D eigenvalue weighted by atomic mass is 14.2. The average molecular weight is 643 g/mol. The molecule has 0 spiro atoms. The van der Waals surface area contributed by atoms with Gasteiger partial charge in [-0.15, -0.1) is 0 Å². The van der Waals surface area contributed by atoms with Crippen molar-refractivity contribution in [2.24, 2.45) is 0 Å². The summed E-state index contributed by atoms with van der Waals surface area (Å²) < 4.78 is 0. The van der Waals surface area contributed by atoms with E-state index in [-0.39, 0.29) is 10.8 Å². The Morgan fingerprint density at radius 3 is 1.00 bits per heavy atom. The highest BCUT2D eigenvalue weighted by Gasteiger charge is 2.21. The lowest BCUT2D eigenvalue weighted by molar-refractivity contribution is 0.591. The Hall–Kier alpha value is -5.64. The van der Waals surface area contributed by atoms with Crippen LogP contribution < -0.4 is 0 Å². The van der Waals surface area contributed by atoms with Crippen LogP contribution in [-0.2, 0) is 10.8 Å². The quantitative estimate of drug-likeness (QED) is 0.130. The maximum Gasteiger partial charge on any atom is 0.0406 e. The van der Waals surface area contributed by atoms with Gasteiger partial charge in [-0.3, -0.25) is 0 Å². The molecule has 0 fully saturated rings. The summed E-state index contributed by atoms with van der Waals surface area (Å²) in [6.07, 6.45) is 0. The third-order valence-corrected chi connectivity index (χ3v) is 10.2. The van der Waals surface area contributed by atoms with Gasteiger partial charge in [-0.05, 0) is 99.4 Å². The third kappa shape index (κ3) is 5.45.